The third-order valence-corrected chi connectivity index (χ3v) is 6.38. The van der Waals surface area contributed by atoms with Crippen molar-refractivity contribution in [2.45, 2.75) is 71.5 Å². The number of hydrogen-bond donors (Lipinski definition) is 0. The minimum atomic E-state index is -0.445. The second kappa shape index (κ2) is 10.8. The topological polar surface area (TPSA) is 74.1 Å². The summed E-state index contributed by atoms with van der Waals surface area (Å²) in [6, 6.07) is 3.78. The third-order valence-electron chi connectivity index (χ3n) is 5.56. The zero-order chi connectivity index (χ0) is 22.4. The number of esters is 1. The second-order valence-electron chi connectivity index (χ2n) is 8.10. The molecule has 0 saturated carbocycles. The summed E-state index contributed by atoms with van der Waals surface area (Å²) in [6.45, 7) is 8.39. The van der Waals surface area contributed by atoms with E-state index in [1.165, 1.54) is 43.0 Å². The second-order valence-corrected chi connectivity index (χ2v) is 9.04. The van der Waals surface area contributed by atoms with Crippen LogP contribution < -0.4 is 0 Å². The van der Waals surface area contributed by atoms with Gasteiger partial charge in [-0.15, -0.1) is 0 Å². The average molecular weight is 442 g/mol. The van der Waals surface area contributed by atoms with Gasteiger partial charge in [-0.1, -0.05) is 23.4 Å². The van der Waals surface area contributed by atoms with Gasteiger partial charge in [0, 0.05) is 34.9 Å². The molecule has 166 valence electrons. The number of rotatable bonds is 9. The first-order chi connectivity index (χ1) is 14.8. The van der Waals surface area contributed by atoms with Crippen molar-refractivity contribution >= 4 is 23.5 Å². The van der Waals surface area contributed by atoms with Gasteiger partial charge < -0.3 is 9.30 Å². The van der Waals surface area contributed by atoms with Crippen molar-refractivity contribution in [3.8, 4) is 0 Å². The van der Waals surface area contributed by atoms with Crippen molar-refractivity contribution < 1.29 is 14.3 Å². The van der Waals surface area contributed by atoms with Crippen molar-refractivity contribution in [1.29, 1.82) is 0 Å². The van der Waals surface area contributed by atoms with E-state index in [-0.39, 0.29) is 18.1 Å². The van der Waals surface area contributed by atoms with Gasteiger partial charge in [0.2, 0.25) is 5.78 Å². The first-order valence-electron chi connectivity index (χ1n) is 10.8. The van der Waals surface area contributed by atoms with Crippen LogP contribution in [0.3, 0.4) is 0 Å². The molecule has 0 N–H and O–H groups in total. The zero-order valence-electron chi connectivity index (χ0n) is 18.9. The zero-order valence-corrected chi connectivity index (χ0v) is 19.7. The number of nitrogens with zero attached hydrogens (tertiary/aromatic N) is 3. The molecule has 0 bridgehead atoms. The fourth-order valence-electron chi connectivity index (χ4n) is 3.96. The van der Waals surface area contributed by atoms with Gasteiger partial charge in [0.1, 0.15) is 0 Å². The number of thioether (sulfide) groups is 1. The smallest absolute Gasteiger partial charge is 0.316 e. The highest BCUT2D eigenvalue weighted by atomic mass is 32.2. The number of ketones is 1. The molecule has 0 amide bonds. The Labute approximate surface area is 188 Å². The summed E-state index contributed by atoms with van der Waals surface area (Å²) in [5.41, 5.74) is 5.86. The summed E-state index contributed by atoms with van der Waals surface area (Å²) in [4.78, 5) is 33.4. The van der Waals surface area contributed by atoms with Crippen LogP contribution >= 0.6 is 11.8 Å². The van der Waals surface area contributed by atoms with Crippen LogP contribution in [0, 0.1) is 27.7 Å². The summed E-state index contributed by atoms with van der Waals surface area (Å²) in [7, 11) is 0. The summed E-state index contributed by atoms with van der Waals surface area (Å²) >= 11 is 1.22. The van der Waals surface area contributed by atoms with E-state index in [2.05, 4.69) is 20.6 Å². The highest BCUT2D eigenvalue weighted by Crippen LogP contribution is 2.23. The Hall–Kier alpha value is -2.41. The van der Waals surface area contributed by atoms with Crippen molar-refractivity contribution in [1.82, 2.24) is 14.5 Å². The number of ether oxygens (including phenoxy) is 1. The van der Waals surface area contributed by atoms with Gasteiger partial charge in [0.25, 0.3) is 0 Å². The van der Waals surface area contributed by atoms with Crippen LogP contribution in [0.1, 0.15) is 65.2 Å². The van der Waals surface area contributed by atoms with Crippen LogP contribution in [0.5, 0.6) is 0 Å². The van der Waals surface area contributed by atoms with Gasteiger partial charge in [-0.05, 0) is 71.9 Å². The summed E-state index contributed by atoms with van der Waals surface area (Å²) in [6.07, 6.45) is 8.33. The van der Waals surface area contributed by atoms with E-state index in [0.717, 1.165) is 35.7 Å². The molecule has 6 nitrogen and oxygen atoms in total. The van der Waals surface area contributed by atoms with E-state index in [0.29, 0.717) is 10.7 Å². The number of carbonyl (C=O) groups is 2. The highest BCUT2D eigenvalue weighted by molar-refractivity contribution is 7.99. The molecule has 0 spiro atoms. The minimum absolute atomic E-state index is 0.0737. The molecule has 31 heavy (non-hydrogen) atoms. The summed E-state index contributed by atoms with van der Waals surface area (Å²) in [5, 5.41) is 0.539. The monoisotopic (exact) mass is 441 g/mol. The predicted octanol–water partition coefficient (Wildman–Crippen LogP) is 4.92. The van der Waals surface area contributed by atoms with Crippen LogP contribution in [0.2, 0.25) is 0 Å². The van der Waals surface area contributed by atoms with E-state index < -0.39 is 5.97 Å². The molecular formula is C24H31N3O3S. The Kier molecular flexibility index (Phi) is 8.07. The Morgan fingerprint density at radius 1 is 1.10 bits per heavy atom. The largest absolute Gasteiger partial charge is 0.457 e. The molecule has 1 aliphatic rings. The maximum absolute atomic E-state index is 12.7. The standard InChI is InChI=1S/C24H31N3O3S/c1-16-12-17(2)26-24(25-16)31-15-23(29)30-14-22(28)21-13-18(3)27(19(21)4)11-10-20-8-6-5-7-9-20/h8,12-13H,5-7,9-11,14-15H2,1-4H3. The lowest BCUT2D eigenvalue weighted by Crippen LogP contribution is -2.16. The number of carbonyl (C=O) groups excluding carboxylic acids is 2. The van der Waals surface area contributed by atoms with Crippen molar-refractivity contribution in [2.75, 3.05) is 12.4 Å². The van der Waals surface area contributed by atoms with Gasteiger partial charge in [-0.2, -0.15) is 0 Å². The molecule has 0 fully saturated rings. The third kappa shape index (κ3) is 6.53. The Morgan fingerprint density at radius 3 is 2.52 bits per heavy atom. The maximum atomic E-state index is 12.7. The minimum Gasteiger partial charge on any atom is -0.457 e. The molecule has 2 heterocycles. The van der Waals surface area contributed by atoms with Crippen LogP contribution in [0.15, 0.2) is 28.9 Å². The van der Waals surface area contributed by atoms with E-state index in [4.69, 9.17) is 4.74 Å². The predicted molar refractivity (Wildman–Crippen MR) is 123 cm³/mol. The van der Waals surface area contributed by atoms with Crippen LogP contribution in [-0.2, 0) is 16.1 Å². The van der Waals surface area contributed by atoms with Gasteiger partial charge in [0.05, 0.1) is 5.75 Å². The first kappa shape index (κ1) is 23.3. The lowest BCUT2D eigenvalue weighted by atomic mass is 9.97. The molecule has 2 aromatic rings. The Balaban J connectivity index is 1.51. The molecule has 0 saturated heterocycles. The van der Waals surface area contributed by atoms with E-state index in [1.54, 1.807) is 0 Å². The SMILES string of the molecule is Cc1cc(C)nc(SCC(=O)OCC(=O)c2cc(C)n(CCC3=CCCCC3)c2C)n1. The Bertz CT molecular complexity index is 974. The van der Waals surface area contributed by atoms with Gasteiger partial charge in [-0.25, -0.2) is 9.97 Å². The number of hydrogen-bond acceptors (Lipinski definition) is 6. The van der Waals surface area contributed by atoms with E-state index in [9.17, 15) is 9.59 Å². The number of Topliss-reactive ketones (excluding diaryl/α,β-unsaturated/α-hetero) is 1. The number of allylic oxidation sites excluding steroid dienone is 2. The Morgan fingerprint density at radius 2 is 1.84 bits per heavy atom. The lowest BCUT2D eigenvalue weighted by molar-refractivity contribution is -0.139. The molecule has 0 unspecified atom stereocenters. The molecule has 7 heteroatoms. The van der Waals surface area contributed by atoms with Crippen LogP contribution in [0.4, 0.5) is 0 Å². The van der Waals surface area contributed by atoms with E-state index >= 15 is 0 Å². The molecular weight excluding hydrogens is 410 g/mol. The van der Waals surface area contributed by atoms with Crippen LogP contribution in [0.25, 0.3) is 0 Å². The van der Waals surface area contributed by atoms with Crippen molar-refractivity contribution in [3.63, 3.8) is 0 Å². The molecule has 2 aromatic heterocycles. The fraction of sp³-hybridized carbons (Fsp3) is 0.500. The molecule has 0 radical (unpaired) electrons. The normalized spacial score (nSPS) is 13.7. The number of aromatic nitrogens is 3. The molecule has 3 rings (SSSR count). The van der Waals surface area contributed by atoms with Crippen LogP contribution in [-0.4, -0.2) is 38.6 Å². The molecule has 1 aliphatic carbocycles. The van der Waals surface area contributed by atoms with Gasteiger partial charge >= 0.3 is 5.97 Å². The molecule has 0 aliphatic heterocycles. The highest BCUT2D eigenvalue weighted by Gasteiger charge is 2.18. The van der Waals surface area contributed by atoms with E-state index in [1.807, 2.05) is 39.8 Å². The summed E-state index contributed by atoms with van der Waals surface area (Å²) < 4.78 is 7.41. The van der Waals surface area contributed by atoms with Gasteiger partial charge in [-0.3, -0.25) is 9.59 Å². The average Bonchev–Trinajstić information content (AvgIpc) is 3.02. The van der Waals surface area contributed by atoms with Crippen molar-refractivity contribution in [2.24, 2.45) is 0 Å². The number of aryl methyl sites for hydroxylation is 3. The molecule has 0 atom stereocenters. The van der Waals surface area contributed by atoms with Crippen molar-refractivity contribution in [3.05, 3.63) is 52.1 Å². The lowest BCUT2D eigenvalue weighted by Gasteiger charge is -2.15. The first-order valence-corrected chi connectivity index (χ1v) is 11.8. The molecule has 0 aromatic carbocycles. The summed E-state index contributed by atoms with van der Waals surface area (Å²) in [5.74, 6) is -0.541. The quantitative estimate of drug-likeness (QED) is 0.181. The fourth-order valence-corrected chi connectivity index (χ4v) is 4.71. The van der Waals surface area contributed by atoms with Gasteiger partial charge in [0.15, 0.2) is 11.8 Å². The maximum Gasteiger partial charge on any atom is 0.316 e.